The topological polar surface area (TPSA) is 18.5 Å². The molecule has 0 radical (unpaired) electrons. The molecule has 4 aromatic rings. The maximum absolute atomic E-state index is 6.34. The average molecular weight is 749 g/mol. The molecule has 0 fully saturated rings. The van der Waals surface area contributed by atoms with Gasteiger partial charge in [0.25, 0.3) is 0 Å². The Labute approximate surface area is 334 Å². The van der Waals surface area contributed by atoms with Crippen LogP contribution in [-0.2, 0) is 21.7 Å². The number of allylic oxidation sites excluding steroid dienone is 3. The minimum absolute atomic E-state index is 0.0866. The molecule has 2 nitrogen and oxygen atoms in total. The summed E-state index contributed by atoms with van der Waals surface area (Å²) in [5.41, 5.74) is 21.8. The molecular formula is C52H64O2Si. The molecule has 4 aromatic carbocycles. The Morgan fingerprint density at radius 2 is 0.891 bits per heavy atom. The lowest BCUT2D eigenvalue weighted by atomic mass is 9.80. The molecule has 2 aliphatic carbocycles. The first-order valence-corrected chi connectivity index (χ1v) is 22.1. The molecule has 0 atom stereocenters. The summed E-state index contributed by atoms with van der Waals surface area (Å²) < 4.78 is 12.7. The molecule has 0 heterocycles. The Balaban J connectivity index is 1.60. The van der Waals surface area contributed by atoms with Gasteiger partial charge in [0.1, 0.15) is 11.5 Å². The van der Waals surface area contributed by atoms with Gasteiger partial charge in [-0.15, -0.1) is 0 Å². The van der Waals surface area contributed by atoms with Gasteiger partial charge in [0.15, 0.2) is 0 Å². The van der Waals surface area contributed by atoms with Crippen molar-refractivity contribution in [2.24, 2.45) is 0 Å². The van der Waals surface area contributed by atoms with Crippen LogP contribution < -0.4 is 9.47 Å². The van der Waals surface area contributed by atoms with Crippen molar-refractivity contribution in [3.8, 4) is 33.8 Å². The van der Waals surface area contributed by atoms with E-state index in [2.05, 4.69) is 182 Å². The normalized spacial score (nSPS) is 16.2. The van der Waals surface area contributed by atoms with Crippen LogP contribution in [-0.4, -0.2) is 27.8 Å². The summed E-state index contributed by atoms with van der Waals surface area (Å²) in [6.45, 7) is 34.5. The van der Waals surface area contributed by atoms with E-state index in [-0.39, 0.29) is 21.7 Å². The molecule has 0 amide bonds. The molecule has 288 valence electrons. The predicted octanol–water partition coefficient (Wildman–Crippen LogP) is 13.9. The van der Waals surface area contributed by atoms with Crippen LogP contribution in [0.2, 0.25) is 6.55 Å². The Morgan fingerprint density at radius 1 is 0.509 bits per heavy atom. The maximum Gasteiger partial charge on any atom is 0.131 e. The van der Waals surface area contributed by atoms with Gasteiger partial charge in [-0.25, -0.2) is 0 Å². The number of hydrogen-bond donors (Lipinski definition) is 0. The fraction of sp³-hybridized carbons (Fsp3) is 0.404. The zero-order valence-corrected chi connectivity index (χ0v) is 37.8. The highest BCUT2D eigenvalue weighted by molar-refractivity contribution is 6.81. The minimum atomic E-state index is -1.18. The summed E-state index contributed by atoms with van der Waals surface area (Å²) >= 11 is 0. The molecular weight excluding hydrogens is 685 g/mol. The number of fused-ring (bicyclic) bond motifs is 2. The third-order valence-electron chi connectivity index (χ3n) is 11.6. The molecule has 55 heavy (non-hydrogen) atoms. The van der Waals surface area contributed by atoms with Gasteiger partial charge < -0.3 is 9.47 Å². The molecule has 0 spiro atoms. The standard InChI is InChI=1S/C52H64O2Si/c1-31-26-38-37(28-42(51(9,10)11)46(53-15)44(38)33-18-22-35(23-19-33)49(3,4)5)41(31)30-55(17)48-32(2)27-39-40(48)29-43(52(12,13)14)47(54-16)45(39)34-20-24-36(25-21-34)50(6,7)8/h18-30H,1-17H3. The minimum Gasteiger partial charge on any atom is -0.496 e. The van der Waals surface area contributed by atoms with Crippen molar-refractivity contribution < 1.29 is 9.47 Å². The van der Waals surface area contributed by atoms with Crippen LogP contribution in [0.5, 0.6) is 11.5 Å². The van der Waals surface area contributed by atoms with Crippen molar-refractivity contribution in [1.29, 1.82) is 0 Å². The third-order valence-corrected chi connectivity index (χ3v) is 13.8. The summed E-state index contributed by atoms with van der Waals surface area (Å²) in [6.07, 6.45) is 4.82. The van der Waals surface area contributed by atoms with E-state index in [0.717, 1.165) is 11.5 Å². The number of rotatable bonds is 5. The first kappa shape index (κ1) is 40.4. The third kappa shape index (κ3) is 7.42. The fourth-order valence-corrected chi connectivity index (χ4v) is 10.8. The lowest BCUT2D eigenvalue weighted by molar-refractivity contribution is 0.399. The average Bonchev–Trinajstić information content (AvgIpc) is 3.59. The molecule has 6 rings (SSSR count). The van der Waals surface area contributed by atoms with Crippen molar-refractivity contribution >= 4 is 31.3 Å². The second-order valence-corrected chi connectivity index (χ2v) is 22.2. The van der Waals surface area contributed by atoms with Crippen molar-refractivity contribution in [1.82, 2.24) is 0 Å². The summed E-state index contributed by atoms with van der Waals surface area (Å²) in [6, 6.07) is 23.2. The molecule has 3 heteroatoms. The van der Waals surface area contributed by atoms with E-state index in [1.807, 2.05) is 14.2 Å². The molecule has 0 unspecified atom stereocenters. The van der Waals surface area contributed by atoms with E-state index in [1.54, 1.807) is 0 Å². The Hall–Kier alpha value is -4.21. The van der Waals surface area contributed by atoms with Crippen LogP contribution in [0, 0.1) is 0 Å². The van der Waals surface area contributed by atoms with Crippen molar-refractivity contribution in [2.75, 3.05) is 14.2 Å². The molecule has 0 N–H and O–H groups in total. The van der Waals surface area contributed by atoms with Gasteiger partial charge >= 0.3 is 0 Å². The van der Waals surface area contributed by atoms with Crippen LogP contribution in [0.4, 0.5) is 0 Å². The SMILES string of the molecule is COc1c(C(C)(C)C)cc2c(c1-c1ccc(C(C)(C)C)cc1)C=C(C)C2=C[Si](C)=C1C(C)=Cc2c1cc(C(C)(C)C)c(OC)c2-c1ccc(C(C)(C)C)cc1. The van der Waals surface area contributed by atoms with Gasteiger partial charge in [-0.2, -0.15) is 0 Å². The van der Waals surface area contributed by atoms with Crippen LogP contribution in [0.15, 0.2) is 77.5 Å². The summed E-state index contributed by atoms with van der Waals surface area (Å²) in [4.78, 5) is 0. The first-order valence-electron chi connectivity index (χ1n) is 20.0. The lowest BCUT2D eigenvalue weighted by Gasteiger charge is -2.27. The molecule has 0 aromatic heterocycles. The van der Waals surface area contributed by atoms with Crippen LogP contribution in [0.3, 0.4) is 0 Å². The molecule has 0 saturated heterocycles. The van der Waals surface area contributed by atoms with Gasteiger partial charge in [-0.05, 0) is 114 Å². The monoisotopic (exact) mass is 748 g/mol. The Kier molecular flexibility index (Phi) is 10.3. The molecule has 2 aliphatic rings. The van der Waals surface area contributed by atoms with E-state index < -0.39 is 8.41 Å². The molecule has 0 bridgehead atoms. The quantitative estimate of drug-likeness (QED) is 0.189. The van der Waals surface area contributed by atoms with Gasteiger partial charge in [0, 0.05) is 30.7 Å². The number of methoxy groups -OCH3 is 2. The summed E-state index contributed by atoms with van der Waals surface area (Å²) in [5.74, 6) is 1.96. The second kappa shape index (κ2) is 14.1. The first-order chi connectivity index (χ1) is 25.5. The van der Waals surface area contributed by atoms with E-state index in [0.29, 0.717) is 0 Å². The predicted molar refractivity (Wildman–Crippen MR) is 243 cm³/mol. The summed E-state index contributed by atoms with van der Waals surface area (Å²) in [7, 11) is 2.49. The summed E-state index contributed by atoms with van der Waals surface area (Å²) in [5, 5.41) is 1.48. The highest BCUT2D eigenvalue weighted by atomic mass is 28.2. The second-order valence-electron chi connectivity index (χ2n) is 20.0. The molecule has 0 saturated carbocycles. The van der Waals surface area contributed by atoms with Crippen LogP contribution in [0.25, 0.3) is 40.0 Å². The van der Waals surface area contributed by atoms with Gasteiger partial charge in [-0.3, -0.25) is 0 Å². The van der Waals surface area contributed by atoms with E-state index in [1.165, 1.54) is 88.6 Å². The maximum atomic E-state index is 6.34. The highest BCUT2D eigenvalue weighted by Crippen LogP contribution is 2.50. The van der Waals surface area contributed by atoms with E-state index in [4.69, 9.17) is 9.47 Å². The van der Waals surface area contributed by atoms with Gasteiger partial charge in [0.05, 0.1) is 14.2 Å². The zero-order valence-electron chi connectivity index (χ0n) is 36.8. The van der Waals surface area contributed by atoms with Crippen molar-refractivity contribution in [3.05, 3.63) is 122 Å². The van der Waals surface area contributed by atoms with Gasteiger partial charge in [-0.1, -0.05) is 156 Å². The fourth-order valence-electron chi connectivity index (χ4n) is 8.48. The van der Waals surface area contributed by atoms with Crippen LogP contribution in [0.1, 0.15) is 141 Å². The Bertz CT molecular complexity index is 2290. The smallest absolute Gasteiger partial charge is 0.131 e. The van der Waals surface area contributed by atoms with Crippen molar-refractivity contribution in [3.63, 3.8) is 0 Å². The number of benzene rings is 4. The van der Waals surface area contributed by atoms with E-state index in [9.17, 15) is 0 Å². The Morgan fingerprint density at radius 3 is 1.27 bits per heavy atom. The highest BCUT2D eigenvalue weighted by Gasteiger charge is 2.33. The van der Waals surface area contributed by atoms with Gasteiger partial charge in [0.2, 0.25) is 0 Å². The largest absolute Gasteiger partial charge is 0.496 e. The number of ether oxygens (including phenoxy) is 2. The lowest BCUT2D eigenvalue weighted by Crippen LogP contribution is -2.18. The van der Waals surface area contributed by atoms with Crippen LogP contribution >= 0.6 is 0 Å². The number of hydrogen-bond acceptors (Lipinski definition) is 2. The van der Waals surface area contributed by atoms with Crippen molar-refractivity contribution in [2.45, 2.75) is 125 Å². The zero-order chi connectivity index (χ0) is 40.6. The van der Waals surface area contributed by atoms with E-state index >= 15 is 0 Å². The molecule has 0 aliphatic heterocycles.